The van der Waals surface area contributed by atoms with E-state index in [1.807, 2.05) is 0 Å². The van der Waals surface area contributed by atoms with Crippen molar-refractivity contribution in [2.24, 2.45) is 29.1 Å². The maximum absolute atomic E-state index is 12.5. The fraction of sp³-hybridized carbons (Fsp3) is 0.778. The van der Waals surface area contributed by atoms with Crippen molar-refractivity contribution < 1.29 is 28.8 Å². The first-order chi connectivity index (χ1) is 11.7. The largest absolute Gasteiger partial charge is 0.611 e. The van der Waals surface area contributed by atoms with Gasteiger partial charge in [0, 0.05) is 5.92 Å². The zero-order chi connectivity index (χ0) is 18.2. The number of fused-ring (bicyclic) bond motifs is 5. The van der Waals surface area contributed by atoms with Crippen LogP contribution in [0.4, 0.5) is 0 Å². The summed E-state index contributed by atoms with van der Waals surface area (Å²) in [6.45, 7) is 4.42. The molecule has 3 aliphatic carbocycles. The van der Waals surface area contributed by atoms with Crippen LogP contribution < -0.4 is 0 Å². The molecule has 0 aromatic carbocycles. The van der Waals surface area contributed by atoms with Crippen molar-refractivity contribution in [2.45, 2.75) is 39.7 Å². The van der Waals surface area contributed by atoms with Crippen molar-refractivity contribution in [3.8, 4) is 0 Å². The summed E-state index contributed by atoms with van der Waals surface area (Å²) in [5.41, 5.74) is 0.301. The van der Waals surface area contributed by atoms with Gasteiger partial charge in [-0.2, -0.15) is 0 Å². The van der Waals surface area contributed by atoms with Crippen molar-refractivity contribution in [2.75, 3.05) is 19.7 Å². The average molecular weight is 349 g/mol. The minimum Gasteiger partial charge on any atom is -0.611 e. The van der Waals surface area contributed by atoms with Crippen LogP contribution in [0.25, 0.3) is 0 Å². The molecule has 2 N–H and O–H groups in total. The van der Waals surface area contributed by atoms with Gasteiger partial charge in [0.2, 0.25) is 5.78 Å². The van der Waals surface area contributed by atoms with E-state index >= 15 is 0 Å². The van der Waals surface area contributed by atoms with Gasteiger partial charge in [0.25, 0.3) is 5.97 Å². The molecular formula is C18H28BNO5. The Bertz CT molecular complexity index is 664. The highest BCUT2D eigenvalue weighted by molar-refractivity contribution is 6.66. The Balaban J connectivity index is 1.76. The van der Waals surface area contributed by atoms with E-state index in [2.05, 4.69) is 20.8 Å². The van der Waals surface area contributed by atoms with Gasteiger partial charge in [-0.3, -0.25) is 9.59 Å². The molecule has 0 aromatic heterocycles. The summed E-state index contributed by atoms with van der Waals surface area (Å²) in [5.74, 6) is 1.45. The molecule has 138 valence electrons. The molecule has 2 aliphatic heterocycles. The summed E-state index contributed by atoms with van der Waals surface area (Å²) >= 11 is 0. The number of hydrogen-bond donors (Lipinski definition) is 2. The van der Waals surface area contributed by atoms with E-state index < -0.39 is 18.6 Å². The first-order valence-electron chi connectivity index (χ1n) is 9.44. The van der Waals surface area contributed by atoms with Gasteiger partial charge in [-0.05, 0) is 30.1 Å². The maximum atomic E-state index is 12.5. The Morgan fingerprint density at radius 1 is 1.36 bits per heavy atom. The molecule has 7 atom stereocenters. The highest BCUT2D eigenvalue weighted by atomic mass is 16.6. The van der Waals surface area contributed by atoms with Gasteiger partial charge >= 0.3 is 6.69 Å². The molecule has 0 radical (unpaired) electrons. The van der Waals surface area contributed by atoms with Gasteiger partial charge in [0.15, 0.2) is 5.92 Å². The van der Waals surface area contributed by atoms with E-state index in [1.54, 1.807) is 0 Å². The number of quaternary nitrogens is 1. The standard InChI is InChI=1S/C18H28BNO5/c1-11-14-7-12(18(14,2)3)8-15(11)20-9-13(16(22)10-20)17(23)25-19(20,24)5-4-6-21/h4-5,11-15,21,24H,6-10H2,1-3H3/t11-,12+,13?,14?,15?,19?,20-/m1/s1. The maximum Gasteiger partial charge on any atom is 0.548 e. The van der Waals surface area contributed by atoms with Gasteiger partial charge < -0.3 is 19.2 Å². The van der Waals surface area contributed by atoms with Crippen LogP contribution in [-0.4, -0.2) is 58.7 Å². The number of rotatable bonds is 3. The van der Waals surface area contributed by atoms with Crippen LogP contribution in [0.2, 0.25) is 0 Å². The smallest absolute Gasteiger partial charge is 0.548 e. The van der Waals surface area contributed by atoms with E-state index in [0.29, 0.717) is 29.7 Å². The van der Waals surface area contributed by atoms with Crippen molar-refractivity contribution in [1.82, 2.24) is 0 Å². The van der Waals surface area contributed by atoms with Crippen LogP contribution in [-0.2, 0) is 14.2 Å². The second kappa shape index (κ2) is 5.18. The zero-order valence-corrected chi connectivity index (χ0v) is 15.2. The Kier molecular flexibility index (Phi) is 3.57. The Labute approximate surface area is 148 Å². The molecule has 4 bridgehead atoms. The summed E-state index contributed by atoms with van der Waals surface area (Å²) in [5, 5.41) is 20.5. The number of Topliss-reactive ketones (excluding diaryl/α,β-unsaturated/α-hetero) is 1. The topological polar surface area (TPSA) is 83.8 Å². The molecule has 6 nitrogen and oxygen atoms in total. The van der Waals surface area contributed by atoms with E-state index in [0.717, 1.165) is 6.42 Å². The summed E-state index contributed by atoms with van der Waals surface area (Å²) in [7, 11) is 0. The predicted molar refractivity (Wildman–Crippen MR) is 91.7 cm³/mol. The third kappa shape index (κ3) is 2.03. The van der Waals surface area contributed by atoms with E-state index in [-0.39, 0.29) is 29.4 Å². The number of hydrogen-bond acceptors (Lipinski definition) is 5. The van der Waals surface area contributed by atoms with Crippen LogP contribution in [0.1, 0.15) is 33.6 Å². The summed E-state index contributed by atoms with van der Waals surface area (Å²) < 4.78 is 5.62. The first-order valence-corrected chi connectivity index (χ1v) is 9.44. The van der Waals surface area contributed by atoms with Crippen molar-refractivity contribution in [3.63, 3.8) is 0 Å². The number of nitrogens with zero attached hydrogens (tertiary/aromatic N) is 1. The molecule has 0 spiro atoms. The van der Waals surface area contributed by atoms with E-state index in [1.165, 1.54) is 18.5 Å². The summed E-state index contributed by atoms with van der Waals surface area (Å²) in [6, 6.07) is 0.104. The van der Waals surface area contributed by atoms with Crippen LogP contribution in [0.15, 0.2) is 12.1 Å². The molecule has 5 fully saturated rings. The Morgan fingerprint density at radius 2 is 2.08 bits per heavy atom. The number of ketones is 1. The van der Waals surface area contributed by atoms with E-state index in [4.69, 9.17) is 9.76 Å². The predicted octanol–water partition coefficient (Wildman–Crippen LogP) is 0.648. The number of carbonyl (C=O) groups excluding carboxylic acids is 2. The first kappa shape index (κ1) is 17.2. The molecule has 5 aliphatic rings. The van der Waals surface area contributed by atoms with Gasteiger partial charge in [0.05, 0.1) is 19.2 Å². The molecule has 2 heterocycles. The lowest BCUT2D eigenvalue weighted by Crippen LogP contribution is -2.79. The zero-order valence-electron chi connectivity index (χ0n) is 15.2. The van der Waals surface area contributed by atoms with Gasteiger partial charge in [-0.1, -0.05) is 26.8 Å². The molecule has 0 aromatic rings. The minimum atomic E-state index is -2.67. The van der Waals surface area contributed by atoms with Gasteiger partial charge in [0.1, 0.15) is 6.54 Å². The lowest BCUT2D eigenvalue weighted by atomic mass is 9.43. The minimum absolute atomic E-state index is 0.104. The molecule has 5 rings (SSSR count). The molecule has 2 saturated heterocycles. The third-order valence-corrected chi connectivity index (χ3v) is 8.14. The molecule has 3 saturated carbocycles. The van der Waals surface area contributed by atoms with Crippen LogP contribution in [0.5, 0.6) is 0 Å². The number of aliphatic hydroxyl groups excluding tert-OH is 1. The quantitative estimate of drug-likeness (QED) is 0.577. The fourth-order valence-electron chi connectivity index (χ4n) is 6.53. The van der Waals surface area contributed by atoms with E-state index in [9.17, 15) is 14.6 Å². The van der Waals surface area contributed by atoms with Crippen molar-refractivity contribution in [3.05, 3.63) is 12.1 Å². The molecule has 25 heavy (non-hydrogen) atoms. The normalized spacial score (nSPS) is 50.7. The fourth-order valence-corrected chi connectivity index (χ4v) is 6.53. The van der Waals surface area contributed by atoms with Gasteiger partial charge in [-0.25, -0.2) is 0 Å². The molecular weight excluding hydrogens is 321 g/mol. The molecule has 7 heteroatoms. The average Bonchev–Trinajstić information content (AvgIpc) is 2.88. The second-order valence-corrected chi connectivity index (χ2v) is 9.29. The highest BCUT2D eigenvalue weighted by Crippen LogP contribution is 2.63. The van der Waals surface area contributed by atoms with Crippen LogP contribution >= 0.6 is 0 Å². The Hall–Kier alpha value is -1.18. The van der Waals surface area contributed by atoms with Gasteiger partial charge in [-0.15, -0.1) is 5.98 Å². The summed E-state index contributed by atoms with van der Waals surface area (Å²) in [4.78, 5) is 24.7. The SMILES string of the molecule is C[C@@H]1C2C[C@@H](CC1[N@+]13CC(=O)C(C1)C(=O)O[B-]3(O)C=CCO)C2(C)C. The van der Waals surface area contributed by atoms with Crippen LogP contribution in [0.3, 0.4) is 0 Å². The number of aliphatic hydroxyl groups is 1. The van der Waals surface area contributed by atoms with Crippen LogP contribution in [0, 0.1) is 29.1 Å². The highest BCUT2D eigenvalue weighted by Gasteiger charge is 2.69. The molecule has 4 unspecified atom stereocenters. The second-order valence-electron chi connectivity index (χ2n) is 9.29. The lowest BCUT2D eigenvalue weighted by molar-refractivity contribution is -0.870. The summed E-state index contributed by atoms with van der Waals surface area (Å²) in [6.07, 6.45) is 3.58. The molecule has 0 amide bonds. The van der Waals surface area contributed by atoms with Crippen molar-refractivity contribution in [1.29, 1.82) is 0 Å². The Morgan fingerprint density at radius 3 is 2.68 bits per heavy atom. The number of carbonyl (C=O) groups is 2. The monoisotopic (exact) mass is 349 g/mol. The van der Waals surface area contributed by atoms with Crippen molar-refractivity contribution >= 4 is 18.4 Å². The third-order valence-electron chi connectivity index (χ3n) is 8.14. The lowest BCUT2D eigenvalue weighted by Gasteiger charge is -2.68.